The predicted octanol–water partition coefficient (Wildman–Crippen LogP) is 4.80. The van der Waals surface area contributed by atoms with E-state index in [1.54, 1.807) is 11.3 Å². The van der Waals surface area contributed by atoms with E-state index in [0.717, 1.165) is 27.6 Å². The lowest BCUT2D eigenvalue weighted by Crippen LogP contribution is -2.09. The van der Waals surface area contributed by atoms with Gasteiger partial charge in [-0.15, -0.1) is 22.9 Å². The van der Waals surface area contributed by atoms with Crippen LogP contribution < -0.4 is 0 Å². The first kappa shape index (κ1) is 13.9. The number of thiazole rings is 1. The number of imidazole rings is 1. The van der Waals surface area contributed by atoms with Crippen LogP contribution in [0.5, 0.6) is 0 Å². The van der Waals surface area contributed by atoms with Crippen LogP contribution in [-0.2, 0) is 5.88 Å². The molecule has 3 rings (SSSR count). The molecular weight excluding hydrogens is 313 g/mol. The number of fused-ring (bicyclic) bond motifs is 1. The van der Waals surface area contributed by atoms with Crippen LogP contribution in [0.4, 0.5) is 0 Å². The fourth-order valence-electron chi connectivity index (χ4n) is 2.33. The first-order valence-electron chi connectivity index (χ1n) is 6.25. The average molecular weight is 326 g/mol. The summed E-state index contributed by atoms with van der Waals surface area (Å²) in [7, 11) is 0. The number of halogens is 2. The highest BCUT2D eigenvalue weighted by molar-refractivity contribution is 7.09. The van der Waals surface area contributed by atoms with Crippen LogP contribution in [0.15, 0.2) is 23.6 Å². The van der Waals surface area contributed by atoms with Crippen molar-refractivity contribution in [2.24, 2.45) is 0 Å². The Morgan fingerprint density at radius 3 is 2.80 bits per heavy atom. The van der Waals surface area contributed by atoms with Gasteiger partial charge in [-0.05, 0) is 26.0 Å². The van der Waals surface area contributed by atoms with Crippen molar-refractivity contribution in [3.63, 3.8) is 0 Å². The normalized spacial score (nSPS) is 13.0. The minimum atomic E-state index is 0.0888. The molecule has 0 amide bonds. The van der Waals surface area contributed by atoms with E-state index in [9.17, 15) is 0 Å². The molecule has 0 saturated carbocycles. The molecule has 2 heterocycles. The number of aryl methyl sites for hydroxylation is 1. The maximum absolute atomic E-state index is 6.22. The molecule has 104 valence electrons. The zero-order valence-electron chi connectivity index (χ0n) is 11.1. The van der Waals surface area contributed by atoms with Crippen molar-refractivity contribution >= 4 is 45.6 Å². The molecule has 0 aliphatic rings. The lowest BCUT2D eigenvalue weighted by Gasteiger charge is -2.14. The Hall–Kier alpha value is -1.10. The van der Waals surface area contributed by atoms with Crippen LogP contribution >= 0.6 is 34.5 Å². The van der Waals surface area contributed by atoms with Crippen molar-refractivity contribution in [2.45, 2.75) is 25.8 Å². The van der Waals surface area contributed by atoms with Crippen molar-refractivity contribution in [2.75, 3.05) is 0 Å². The molecule has 0 fully saturated rings. The number of hydrogen-bond donors (Lipinski definition) is 0. The highest BCUT2D eigenvalue weighted by Crippen LogP contribution is 2.31. The summed E-state index contributed by atoms with van der Waals surface area (Å²) in [6.45, 7) is 4.11. The van der Waals surface area contributed by atoms with Gasteiger partial charge >= 0.3 is 0 Å². The van der Waals surface area contributed by atoms with E-state index in [1.807, 2.05) is 25.1 Å². The molecule has 20 heavy (non-hydrogen) atoms. The molecule has 2 aromatic heterocycles. The predicted molar refractivity (Wildman–Crippen MR) is 85.0 cm³/mol. The molecule has 0 spiro atoms. The first-order chi connectivity index (χ1) is 9.61. The maximum atomic E-state index is 6.22. The molecule has 0 saturated heterocycles. The average Bonchev–Trinajstić information content (AvgIpc) is 3.02. The van der Waals surface area contributed by atoms with Crippen molar-refractivity contribution in [1.29, 1.82) is 0 Å². The lowest BCUT2D eigenvalue weighted by molar-refractivity contribution is 0.628. The van der Waals surface area contributed by atoms with Gasteiger partial charge in [-0.3, -0.25) is 0 Å². The Morgan fingerprint density at radius 1 is 1.35 bits per heavy atom. The van der Waals surface area contributed by atoms with Gasteiger partial charge in [0.15, 0.2) is 0 Å². The largest absolute Gasteiger partial charge is 0.317 e. The number of alkyl halides is 1. The second kappa shape index (κ2) is 5.35. The van der Waals surface area contributed by atoms with Crippen LogP contribution in [0.1, 0.15) is 29.5 Å². The molecule has 0 aliphatic heterocycles. The summed E-state index contributed by atoms with van der Waals surface area (Å²) in [4.78, 5) is 9.13. The number of benzene rings is 1. The summed E-state index contributed by atoms with van der Waals surface area (Å²) >= 11 is 13.9. The maximum Gasteiger partial charge on any atom is 0.125 e. The van der Waals surface area contributed by atoms with Gasteiger partial charge in [-0.1, -0.05) is 17.7 Å². The number of hydrogen-bond acceptors (Lipinski definition) is 3. The lowest BCUT2D eigenvalue weighted by atomic mass is 10.2. The fraction of sp³-hybridized carbons (Fsp3) is 0.286. The Bertz CT molecular complexity index is 763. The van der Waals surface area contributed by atoms with Crippen molar-refractivity contribution in [3.05, 3.63) is 45.1 Å². The summed E-state index contributed by atoms with van der Waals surface area (Å²) < 4.78 is 2.12. The third-order valence-corrected chi connectivity index (χ3v) is 4.92. The van der Waals surface area contributed by atoms with Crippen molar-refractivity contribution < 1.29 is 0 Å². The summed E-state index contributed by atoms with van der Waals surface area (Å²) in [5.74, 6) is 1.16. The fourth-order valence-corrected chi connectivity index (χ4v) is 3.58. The topological polar surface area (TPSA) is 30.7 Å². The molecule has 0 bridgehead atoms. The van der Waals surface area contributed by atoms with Crippen molar-refractivity contribution in [3.8, 4) is 0 Å². The molecule has 0 aliphatic carbocycles. The zero-order chi connectivity index (χ0) is 14.3. The summed E-state index contributed by atoms with van der Waals surface area (Å²) in [5, 5.41) is 3.75. The van der Waals surface area contributed by atoms with E-state index in [-0.39, 0.29) is 6.04 Å². The van der Waals surface area contributed by atoms with E-state index in [1.165, 1.54) is 0 Å². The van der Waals surface area contributed by atoms with Gasteiger partial charge in [0.25, 0.3) is 0 Å². The van der Waals surface area contributed by atoms with Crippen LogP contribution in [0.3, 0.4) is 0 Å². The molecule has 1 unspecified atom stereocenters. The highest BCUT2D eigenvalue weighted by atomic mass is 35.5. The minimum Gasteiger partial charge on any atom is -0.317 e. The molecular formula is C14H13Cl2N3S. The van der Waals surface area contributed by atoms with Crippen LogP contribution in [0, 0.1) is 6.92 Å². The molecule has 6 heteroatoms. The molecule has 0 radical (unpaired) electrons. The van der Waals surface area contributed by atoms with E-state index in [0.29, 0.717) is 10.9 Å². The first-order valence-corrected chi connectivity index (χ1v) is 8.04. The zero-order valence-corrected chi connectivity index (χ0v) is 13.4. The van der Waals surface area contributed by atoms with Crippen LogP contribution in [0.25, 0.3) is 11.0 Å². The number of aromatic nitrogens is 3. The molecule has 1 aromatic carbocycles. The molecule has 3 nitrogen and oxygen atoms in total. The summed E-state index contributed by atoms with van der Waals surface area (Å²) in [6, 6.07) is 5.88. The van der Waals surface area contributed by atoms with Crippen molar-refractivity contribution in [1.82, 2.24) is 14.5 Å². The van der Waals surface area contributed by atoms with Gasteiger partial charge in [-0.2, -0.15) is 0 Å². The molecule has 1 atom stereocenters. The van der Waals surface area contributed by atoms with Gasteiger partial charge in [0, 0.05) is 11.1 Å². The van der Waals surface area contributed by atoms with Gasteiger partial charge in [0.05, 0.1) is 22.5 Å². The second-order valence-corrected chi connectivity index (χ2v) is 6.21. The third-order valence-electron chi connectivity index (χ3n) is 3.24. The second-order valence-electron chi connectivity index (χ2n) is 4.64. The summed E-state index contributed by atoms with van der Waals surface area (Å²) in [6.07, 6.45) is 0. The van der Waals surface area contributed by atoms with E-state index >= 15 is 0 Å². The summed E-state index contributed by atoms with van der Waals surface area (Å²) in [5.41, 5.74) is 2.82. The SMILES string of the molecule is Cc1csc(C(C)n2c(CCl)nc3c(Cl)cccc32)n1. The number of rotatable bonds is 3. The third kappa shape index (κ3) is 2.22. The number of nitrogens with zero attached hydrogens (tertiary/aromatic N) is 3. The smallest absolute Gasteiger partial charge is 0.125 e. The van der Waals surface area contributed by atoms with Gasteiger partial charge < -0.3 is 4.57 Å². The highest BCUT2D eigenvalue weighted by Gasteiger charge is 2.19. The Labute approximate surface area is 131 Å². The molecule has 0 N–H and O–H groups in total. The van der Waals surface area contributed by atoms with Crippen LogP contribution in [0.2, 0.25) is 5.02 Å². The minimum absolute atomic E-state index is 0.0888. The van der Waals surface area contributed by atoms with Gasteiger partial charge in [0.1, 0.15) is 16.3 Å². The number of para-hydroxylation sites is 1. The quantitative estimate of drug-likeness (QED) is 0.647. The van der Waals surface area contributed by atoms with E-state index in [4.69, 9.17) is 23.2 Å². The van der Waals surface area contributed by atoms with Gasteiger partial charge in [0.2, 0.25) is 0 Å². The van der Waals surface area contributed by atoms with Crippen LogP contribution in [-0.4, -0.2) is 14.5 Å². The monoisotopic (exact) mass is 325 g/mol. The Morgan fingerprint density at radius 2 is 2.15 bits per heavy atom. The van der Waals surface area contributed by atoms with E-state index < -0.39 is 0 Å². The Balaban J connectivity index is 2.21. The van der Waals surface area contributed by atoms with E-state index in [2.05, 4.69) is 26.8 Å². The molecule has 3 aromatic rings. The Kier molecular flexibility index (Phi) is 3.71. The standard InChI is InChI=1S/C14H13Cl2N3S/c1-8-7-20-14(17-8)9(2)19-11-5-3-4-10(16)13(11)18-12(19)6-15/h3-5,7,9H,6H2,1-2H3. The van der Waals surface area contributed by atoms with Gasteiger partial charge in [-0.25, -0.2) is 9.97 Å².